The molecule has 0 amide bonds. The van der Waals surface area contributed by atoms with Crippen LogP contribution in [0.5, 0.6) is 0 Å². The molecule has 2 heteroatoms. The zero-order valence-corrected chi connectivity index (χ0v) is 20.7. The van der Waals surface area contributed by atoms with E-state index in [4.69, 9.17) is 0 Å². The van der Waals surface area contributed by atoms with Crippen molar-refractivity contribution in [3.63, 3.8) is 0 Å². The number of allylic oxidation sites excluding steroid dienone is 5. The van der Waals surface area contributed by atoms with E-state index in [0.29, 0.717) is 0 Å². The molecule has 1 aromatic rings. The van der Waals surface area contributed by atoms with Gasteiger partial charge >= 0.3 is 0 Å². The van der Waals surface area contributed by atoms with E-state index in [0.717, 1.165) is 5.92 Å². The highest BCUT2D eigenvalue weighted by molar-refractivity contribution is 5.48. The molecule has 3 rings (SSSR count). The van der Waals surface area contributed by atoms with Gasteiger partial charge in [0.05, 0.1) is 0 Å². The third kappa shape index (κ3) is 15.1. The van der Waals surface area contributed by atoms with Gasteiger partial charge in [0.25, 0.3) is 0 Å². The Morgan fingerprint density at radius 2 is 1.73 bits per heavy atom. The molecule has 0 spiro atoms. The summed E-state index contributed by atoms with van der Waals surface area (Å²) < 4.78 is 0. The van der Waals surface area contributed by atoms with Gasteiger partial charge in [-0.1, -0.05) is 87.8 Å². The summed E-state index contributed by atoms with van der Waals surface area (Å²) >= 11 is 0. The first-order valence-electron chi connectivity index (χ1n) is 11.9. The van der Waals surface area contributed by atoms with Crippen LogP contribution in [0.4, 0.5) is 5.69 Å². The van der Waals surface area contributed by atoms with Crippen molar-refractivity contribution >= 4 is 5.69 Å². The van der Waals surface area contributed by atoms with E-state index in [9.17, 15) is 0 Å². The molecule has 1 unspecified atom stereocenters. The molecule has 1 atom stereocenters. The van der Waals surface area contributed by atoms with E-state index in [1.54, 1.807) is 6.08 Å². The standard InChI is InChI=1S/C12H17N.C8H12.C4H9N.C4H10/c1-10-3-5-12(6-4-10)13-8-7-11(2)9-13;1-4-6-8(3)7-5-2;1-2-4-5-3-1;1-3-4-2/h3-6,11H,7-9H2,1-2H3;4-7H,1H2,2-3H3;5H,1-4H2;3-4H2,1-2H3/b;7-5-,8-6-;;. The van der Waals surface area contributed by atoms with E-state index < -0.39 is 0 Å². The maximum Gasteiger partial charge on any atom is 0.0366 e. The number of nitrogens with one attached hydrogen (secondary N) is 1. The van der Waals surface area contributed by atoms with E-state index >= 15 is 0 Å². The lowest BCUT2D eigenvalue weighted by molar-refractivity contribution is 0.659. The van der Waals surface area contributed by atoms with Crippen LogP contribution in [-0.2, 0) is 0 Å². The highest BCUT2D eigenvalue weighted by Crippen LogP contribution is 2.23. The monoisotopic (exact) mass is 412 g/mol. The predicted octanol–water partition coefficient (Wildman–Crippen LogP) is 7.71. The average Bonchev–Trinajstić information content (AvgIpc) is 3.45. The Labute approximate surface area is 188 Å². The second-order valence-electron chi connectivity index (χ2n) is 8.28. The Morgan fingerprint density at radius 1 is 1.13 bits per heavy atom. The summed E-state index contributed by atoms with van der Waals surface area (Å²) in [5.74, 6) is 0.862. The molecule has 2 nitrogen and oxygen atoms in total. The second-order valence-corrected chi connectivity index (χ2v) is 8.28. The molecule has 2 fully saturated rings. The normalized spacial score (nSPS) is 18.0. The van der Waals surface area contributed by atoms with Gasteiger partial charge in [-0.3, -0.25) is 0 Å². The second kappa shape index (κ2) is 19.2. The molecule has 170 valence electrons. The summed E-state index contributed by atoms with van der Waals surface area (Å²) in [4.78, 5) is 2.48. The Balaban J connectivity index is 0.000000423. The van der Waals surface area contributed by atoms with E-state index in [2.05, 4.69) is 68.8 Å². The van der Waals surface area contributed by atoms with Gasteiger partial charge in [0.1, 0.15) is 0 Å². The highest BCUT2D eigenvalue weighted by atomic mass is 15.1. The molecule has 0 radical (unpaired) electrons. The quantitative estimate of drug-likeness (QED) is 0.509. The Bertz CT molecular complexity index is 570. The minimum atomic E-state index is 0.862. The van der Waals surface area contributed by atoms with Crippen LogP contribution in [0.1, 0.15) is 72.3 Å². The fraction of sp³-hybridized carbons (Fsp3) is 0.571. The largest absolute Gasteiger partial charge is 0.371 e. The molecule has 1 aromatic carbocycles. The van der Waals surface area contributed by atoms with Crippen LogP contribution in [0.3, 0.4) is 0 Å². The van der Waals surface area contributed by atoms with Crippen molar-refractivity contribution in [1.29, 1.82) is 0 Å². The molecule has 2 heterocycles. The van der Waals surface area contributed by atoms with Gasteiger partial charge in [-0.05, 0) is 71.2 Å². The highest BCUT2D eigenvalue weighted by Gasteiger charge is 2.18. The molecular weight excluding hydrogens is 364 g/mol. The molecule has 0 aromatic heterocycles. The number of anilines is 1. The molecule has 30 heavy (non-hydrogen) atoms. The lowest BCUT2D eigenvalue weighted by atomic mass is 10.2. The van der Waals surface area contributed by atoms with Crippen LogP contribution in [0.25, 0.3) is 0 Å². The number of rotatable bonds is 4. The van der Waals surface area contributed by atoms with Gasteiger partial charge in [-0.2, -0.15) is 0 Å². The molecule has 0 aliphatic carbocycles. The van der Waals surface area contributed by atoms with Crippen molar-refractivity contribution < 1.29 is 0 Å². The molecule has 2 aliphatic heterocycles. The third-order valence-electron chi connectivity index (χ3n) is 5.09. The van der Waals surface area contributed by atoms with Gasteiger partial charge in [0.2, 0.25) is 0 Å². The lowest BCUT2D eigenvalue weighted by Crippen LogP contribution is -2.18. The molecule has 2 saturated heterocycles. The number of aryl methyl sites for hydroxylation is 1. The summed E-state index contributed by atoms with van der Waals surface area (Å²) in [6, 6.07) is 8.84. The molecule has 0 bridgehead atoms. The number of unbranched alkanes of at least 4 members (excludes halogenated alkanes) is 1. The van der Waals surface area contributed by atoms with Crippen LogP contribution >= 0.6 is 0 Å². The zero-order chi connectivity index (χ0) is 22.6. The van der Waals surface area contributed by atoms with Crippen molar-refractivity contribution in [2.45, 2.75) is 73.6 Å². The molecular formula is C28H48N2. The van der Waals surface area contributed by atoms with Gasteiger partial charge < -0.3 is 10.2 Å². The number of benzene rings is 1. The fourth-order valence-corrected chi connectivity index (χ4v) is 3.05. The first kappa shape index (κ1) is 28.2. The smallest absolute Gasteiger partial charge is 0.0366 e. The van der Waals surface area contributed by atoms with Crippen molar-refractivity contribution in [1.82, 2.24) is 5.32 Å². The van der Waals surface area contributed by atoms with E-state index in [-0.39, 0.29) is 0 Å². The minimum absolute atomic E-state index is 0.862. The van der Waals surface area contributed by atoms with Crippen molar-refractivity contribution in [3.8, 4) is 0 Å². The van der Waals surface area contributed by atoms with E-state index in [1.165, 1.54) is 75.1 Å². The topological polar surface area (TPSA) is 15.3 Å². The fourth-order valence-electron chi connectivity index (χ4n) is 3.05. The maximum atomic E-state index is 3.57. The predicted molar refractivity (Wildman–Crippen MR) is 139 cm³/mol. The average molecular weight is 413 g/mol. The van der Waals surface area contributed by atoms with Crippen LogP contribution in [0.15, 0.2) is 60.7 Å². The van der Waals surface area contributed by atoms with Gasteiger partial charge in [-0.25, -0.2) is 0 Å². The lowest BCUT2D eigenvalue weighted by Gasteiger charge is -2.18. The van der Waals surface area contributed by atoms with Crippen LogP contribution < -0.4 is 10.2 Å². The number of hydrogen-bond donors (Lipinski definition) is 1. The van der Waals surface area contributed by atoms with Crippen molar-refractivity contribution in [2.75, 3.05) is 31.1 Å². The first-order valence-corrected chi connectivity index (χ1v) is 11.9. The van der Waals surface area contributed by atoms with Gasteiger partial charge in [-0.15, -0.1) is 0 Å². The summed E-state index contributed by atoms with van der Waals surface area (Å²) in [6.45, 7) is 21.4. The SMILES string of the molecule is C1CCNC1.C=C/C=C(C)\C=C/C.CCCC.Cc1ccc(N2CCC(C)C2)cc1. The zero-order valence-electron chi connectivity index (χ0n) is 20.7. The van der Waals surface area contributed by atoms with Crippen LogP contribution in [0, 0.1) is 12.8 Å². The maximum absolute atomic E-state index is 3.57. The van der Waals surface area contributed by atoms with Gasteiger partial charge in [0.15, 0.2) is 0 Å². The Hall–Kier alpha value is -1.80. The minimum Gasteiger partial charge on any atom is -0.371 e. The number of hydrogen-bond acceptors (Lipinski definition) is 2. The van der Waals surface area contributed by atoms with Crippen LogP contribution in [0.2, 0.25) is 0 Å². The van der Waals surface area contributed by atoms with Gasteiger partial charge in [0, 0.05) is 18.8 Å². The molecule has 1 N–H and O–H groups in total. The molecule has 2 aliphatic rings. The van der Waals surface area contributed by atoms with Crippen molar-refractivity contribution in [3.05, 3.63) is 66.3 Å². The Morgan fingerprint density at radius 3 is 2.10 bits per heavy atom. The Kier molecular flexibility index (Phi) is 18.0. The summed E-state index contributed by atoms with van der Waals surface area (Å²) in [5.41, 5.74) is 3.97. The first-order chi connectivity index (χ1) is 14.5. The van der Waals surface area contributed by atoms with E-state index in [1.807, 2.05) is 32.1 Å². The summed E-state index contributed by atoms with van der Waals surface area (Å²) in [5, 5.41) is 3.22. The summed E-state index contributed by atoms with van der Waals surface area (Å²) in [7, 11) is 0. The van der Waals surface area contributed by atoms with Crippen LogP contribution in [-0.4, -0.2) is 26.2 Å². The third-order valence-corrected chi connectivity index (χ3v) is 5.09. The van der Waals surface area contributed by atoms with Crippen molar-refractivity contribution in [2.24, 2.45) is 5.92 Å². The number of nitrogens with zero attached hydrogens (tertiary/aromatic N) is 1. The molecule has 0 saturated carbocycles. The summed E-state index contributed by atoms with van der Waals surface area (Å²) in [6.07, 6.45) is 14.6.